The predicted molar refractivity (Wildman–Crippen MR) is 79.2 cm³/mol. The van der Waals surface area contributed by atoms with Gasteiger partial charge in [-0.3, -0.25) is 5.84 Å². The first kappa shape index (κ1) is 13.3. The Kier molecular flexibility index (Phi) is 4.17. The number of rotatable bonds is 3. The Morgan fingerprint density at radius 3 is 2.17 bits per heavy atom. The van der Waals surface area contributed by atoms with Crippen molar-refractivity contribution in [2.24, 2.45) is 5.84 Å². The summed E-state index contributed by atoms with van der Waals surface area (Å²) in [7, 11) is 0. The number of hydrogen-bond donors (Lipinski definition) is 2. The molecule has 0 aliphatic heterocycles. The number of aryl methyl sites for hydroxylation is 2. The third-order valence-electron chi connectivity index (χ3n) is 2.98. The van der Waals surface area contributed by atoms with Gasteiger partial charge in [-0.05, 0) is 42.7 Å². The van der Waals surface area contributed by atoms with Crippen LogP contribution in [0.15, 0.2) is 46.9 Å². The Morgan fingerprint density at radius 2 is 1.61 bits per heavy atom. The molecule has 0 aliphatic rings. The molecule has 0 aliphatic carbocycles. The fourth-order valence-corrected chi connectivity index (χ4v) is 2.70. The fourth-order valence-electron chi connectivity index (χ4n) is 2.08. The standard InChI is InChI=1S/C15H17BrN2/c1-10-3-5-12(6-4-10)15(18-17)13-7-11(2)8-14(16)9-13/h3-9,15,18H,17H2,1-2H3. The highest BCUT2D eigenvalue weighted by Crippen LogP contribution is 2.25. The third kappa shape index (κ3) is 2.99. The summed E-state index contributed by atoms with van der Waals surface area (Å²) in [5.74, 6) is 5.71. The molecule has 0 bridgehead atoms. The van der Waals surface area contributed by atoms with Crippen molar-refractivity contribution in [1.29, 1.82) is 0 Å². The van der Waals surface area contributed by atoms with Gasteiger partial charge in [-0.15, -0.1) is 0 Å². The summed E-state index contributed by atoms with van der Waals surface area (Å²) in [6, 6.07) is 14.8. The Morgan fingerprint density at radius 1 is 0.944 bits per heavy atom. The molecule has 0 amide bonds. The summed E-state index contributed by atoms with van der Waals surface area (Å²) < 4.78 is 1.07. The Hall–Kier alpha value is -1.16. The second-order valence-electron chi connectivity index (χ2n) is 4.57. The molecule has 94 valence electrons. The highest BCUT2D eigenvalue weighted by atomic mass is 79.9. The molecule has 18 heavy (non-hydrogen) atoms. The van der Waals surface area contributed by atoms with E-state index in [1.807, 2.05) is 0 Å². The van der Waals surface area contributed by atoms with Crippen LogP contribution in [0.2, 0.25) is 0 Å². The quantitative estimate of drug-likeness (QED) is 0.671. The molecule has 3 N–H and O–H groups in total. The van der Waals surface area contributed by atoms with Crippen molar-refractivity contribution < 1.29 is 0 Å². The first-order chi connectivity index (χ1) is 8.60. The zero-order valence-corrected chi connectivity index (χ0v) is 12.2. The van der Waals surface area contributed by atoms with Crippen LogP contribution in [0.25, 0.3) is 0 Å². The zero-order valence-electron chi connectivity index (χ0n) is 10.6. The average Bonchev–Trinajstić information content (AvgIpc) is 2.31. The Bertz CT molecular complexity index is 514. The molecular formula is C15H17BrN2. The molecule has 3 heteroatoms. The maximum absolute atomic E-state index is 5.71. The zero-order chi connectivity index (χ0) is 13.1. The van der Waals surface area contributed by atoms with E-state index in [9.17, 15) is 0 Å². The minimum Gasteiger partial charge on any atom is -0.271 e. The van der Waals surface area contributed by atoms with Gasteiger partial charge in [0.2, 0.25) is 0 Å². The summed E-state index contributed by atoms with van der Waals surface area (Å²) in [4.78, 5) is 0. The highest BCUT2D eigenvalue weighted by Gasteiger charge is 2.12. The summed E-state index contributed by atoms with van der Waals surface area (Å²) in [6.45, 7) is 4.16. The van der Waals surface area contributed by atoms with Crippen molar-refractivity contribution in [2.75, 3.05) is 0 Å². The predicted octanol–water partition coefficient (Wildman–Crippen LogP) is 3.62. The van der Waals surface area contributed by atoms with Gasteiger partial charge in [0.15, 0.2) is 0 Å². The number of nitrogens with two attached hydrogens (primary N) is 1. The SMILES string of the molecule is Cc1ccc(C(NN)c2cc(C)cc(Br)c2)cc1. The van der Waals surface area contributed by atoms with Gasteiger partial charge in [-0.1, -0.05) is 51.8 Å². The molecule has 0 saturated carbocycles. The van der Waals surface area contributed by atoms with Crippen LogP contribution in [0.1, 0.15) is 28.3 Å². The number of benzene rings is 2. The largest absolute Gasteiger partial charge is 0.271 e. The van der Waals surface area contributed by atoms with Crippen LogP contribution in [0.4, 0.5) is 0 Å². The molecule has 1 atom stereocenters. The average molecular weight is 305 g/mol. The maximum atomic E-state index is 5.71. The first-order valence-electron chi connectivity index (χ1n) is 5.90. The summed E-state index contributed by atoms with van der Waals surface area (Å²) in [5, 5.41) is 0. The monoisotopic (exact) mass is 304 g/mol. The van der Waals surface area contributed by atoms with Crippen molar-refractivity contribution >= 4 is 15.9 Å². The van der Waals surface area contributed by atoms with Crippen molar-refractivity contribution in [2.45, 2.75) is 19.9 Å². The third-order valence-corrected chi connectivity index (χ3v) is 3.43. The second-order valence-corrected chi connectivity index (χ2v) is 5.49. The Balaban J connectivity index is 2.41. The van der Waals surface area contributed by atoms with E-state index in [2.05, 4.69) is 77.7 Å². The molecule has 0 spiro atoms. The van der Waals surface area contributed by atoms with Gasteiger partial charge in [0.25, 0.3) is 0 Å². The van der Waals surface area contributed by atoms with Gasteiger partial charge in [0.1, 0.15) is 0 Å². The van der Waals surface area contributed by atoms with E-state index < -0.39 is 0 Å². The van der Waals surface area contributed by atoms with Crippen molar-refractivity contribution in [3.05, 3.63) is 69.2 Å². The number of hydrazine groups is 1. The first-order valence-corrected chi connectivity index (χ1v) is 6.69. The van der Waals surface area contributed by atoms with Crippen LogP contribution in [0, 0.1) is 13.8 Å². The lowest BCUT2D eigenvalue weighted by Crippen LogP contribution is -2.28. The van der Waals surface area contributed by atoms with Gasteiger partial charge >= 0.3 is 0 Å². The van der Waals surface area contributed by atoms with Gasteiger partial charge in [-0.2, -0.15) is 0 Å². The van der Waals surface area contributed by atoms with Gasteiger partial charge in [-0.25, -0.2) is 5.43 Å². The van der Waals surface area contributed by atoms with E-state index >= 15 is 0 Å². The highest BCUT2D eigenvalue weighted by molar-refractivity contribution is 9.10. The summed E-state index contributed by atoms with van der Waals surface area (Å²) in [6.07, 6.45) is 0. The van der Waals surface area contributed by atoms with Crippen molar-refractivity contribution in [1.82, 2.24) is 5.43 Å². The molecule has 2 nitrogen and oxygen atoms in total. The lowest BCUT2D eigenvalue weighted by atomic mass is 9.97. The molecular weight excluding hydrogens is 288 g/mol. The van der Waals surface area contributed by atoms with Crippen LogP contribution in [0.5, 0.6) is 0 Å². The number of nitrogens with one attached hydrogen (secondary N) is 1. The lowest BCUT2D eigenvalue weighted by Gasteiger charge is -2.18. The molecule has 0 aromatic heterocycles. The smallest absolute Gasteiger partial charge is 0.0710 e. The van der Waals surface area contributed by atoms with E-state index in [1.165, 1.54) is 16.7 Å². The van der Waals surface area contributed by atoms with E-state index in [1.54, 1.807) is 0 Å². The molecule has 1 unspecified atom stereocenters. The topological polar surface area (TPSA) is 38.0 Å². The molecule has 0 heterocycles. The van der Waals surface area contributed by atoms with Crippen LogP contribution in [-0.2, 0) is 0 Å². The van der Waals surface area contributed by atoms with Gasteiger partial charge in [0, 0.05) is 4.47 Å². The molecule has 2 rings (SSSR count). The van der Waals surface area contributed by atoms with E-state index in [0.717, 1.165) is 10.0 Å². The van der Waals surface area contributed by atoms with Crippen LogP contribution in [0.3, 0.4) is 0 Å². The van der Waals surface area contributed by atoms with E-state index in [0.29, 0.717) is 0 Å². The lowest BCUT2D eigenvalue weighted by molar-refractivity contribution is 0.636. The number of halogens is 1. The molecule has 0 fully saturated rings. The van der Waals surface area contributed by atoms with E-state index in [-0.39, 0.29) is 6.04 Å². The molecule has 0 radical (unpaired) electrons. The second kappa shape index (κ2) is 5.65. The maximum Gasteiger partial charge on any atom is 0.0710 e. The summed E-state index contributed by atoms with van der Waals surface area (Å²) >= 11 is 3.53. The number of hydrogen-bond acceptors (Lipinski definition) is 2. The normalized spacial score (nSPS) is 12.4. The Labute approximate surface area is 116 Å². The van der Waals surface area contributed by atoms with Crippen LogP contribution in [-0.4, -0.2) is 0 Å². The van der Waals surface area contributed by atoms with Gasteiger partial charge < -0.3 is 0 Å². The van der Waals surface area contributed by atoms with Crippen LogP contribution < -0.4 is 11.3 Å². The van der Waals surface area contributed by atoms with Crippen molar-refractivity contribution in [3.63, 3.8) is 0 Å². The minimum atomic E-state index is 0.0156. The molecule has 0 saturated heterocycles. The minimum absolute atomic E-state index is 0.0156. The fraction of sp³-hybridized carbons (Fsp3) is 0.200. The van der Waals surface area contributed by atoms with E-state index in [4.69, 9.17) is 5.84 Å². The van der Waals surface area contributed by atoms with Crippen LogP contribution >= 0.6 is 15.9 Å². The molecule has 2 aromatic carbocycles. The summed E-state index contributed by atoms with van der Waals surface area (Å²) in [5.41, 5.74) is 7.68. The van der Waals surface area contributed by atoms with Crippen molar-refractivity contribution in [3.8, 4) is 0 Å². The van der Waals surface area contributed by atoms with Gasteiger partial charge in [0.05, 0.1) is 6.04 Å². The molecule has 2 aromatic rings.